The number of hydrogen-bond donors (Lipinski definition) is 2. The molecule has 0 amide bonds. The van der Waals surface area contributed by atoms with Crippen molar-refractivity contribution < 1.29 is 10.2 Å². The number of aliphatic hydroxyl groups is 1. The Hall–Kier alpha value is -2.84. The molecule has 0 atom stereocenters. The van der Waals surface area contributed by atoms with Gasteiger partial charge in [0.15, 0.2) is 0 Å². The van der Waals surface area contributed by atoms with Crippen molar-refractivity contribution in [2.24, 2.45) is 10.8 Å². The second-order valence-corrected chi connectivity index (χ2v) is 10.8. The number of aliphatic hydroxyl groups excluding tert-OH is 1. The SMILES string of the molecule is CC1(C)CC(=C(c2ccc(O)cc2)c2ccc(-c3ccc(CO)cc3)cc2)CC(C)(C)C1. The van der Waals surface area contributed by atoms with Crippen LogP contribution in [-0.2, 0) is 6.61 Å². The Kier molecular flexibility index (Phi) is 6.01. The molecule has 4 rings (SSSR count). The molecule has 1 fully saturated rings. The molecule has 2 nitrogen and oxygen atoms in total. The molecule has 0 spiro atoms. The van der Waals surface area contributed by atoms with Crippen molar-refractivity contribution in [3.8, 4) is 16.9 Å². The quantitative estimate of drug-likeness (QED) is 0.451. The molecular formula is C30H34O2. The molecular weight excluding hydrogens is 392 g/mol. The van der Waals surface area contributed by atoms with Crippen molar-refractivity contribution in [2.45, 2.75) is 53.6 Å². The van der Waals surface area contributed by atoms with Gasteiger partial charge >= 0.3 is 0 Å². The normalized spacial score (nSPS) is 17.2. The number of allylic oxidation sites excluding steroid dienone is 1. The highest BCUT2D eigenvalue weighted by Gasteiger charge is 2.37. The Balaban J connectivity index is 1.79. The minimum atomic E-state index is 0.0650. The van der Waals surface area contributed by atoms with Gasteiger partial charge in [-0.15, -0.1) is 0 Å². The lowest BCUT2D eigenvalue weighted by Gasteiger charge is -2.43. The molecule has 3 aromatic rings. The average molecular weight is 427 g/mol. The van der Waals surface area contributed by atoms with E-state index in [0.29, 0.717) is 5.75 Å². The molecule has 3 aromatic carbocycles. The molecule has 0 bridgehead atoms. The fraction of sp³-hybridized carbons (Fsp3) is 0.333. The van der Waals surface area contributed by atoms with E-state index in [9.17, 15) is 10.2 Å². The first-order valence-electron chi connectivity index (χ1n) is 11.5. The van der Waals surface area contributed by atoms with Crippen LogP contribution in [-0.4, -0.2) is 10.2 Å². The van der Waals surface area contributed by atoms with Crippen molar-refractivity contribution in [1.82, 2.24) is 0 Å². The maximum Gasteiger partial charge on any atom is 0.115 e. The summed E-state index contributed by atoms with van der Waals surface area (Å²) in [7, 11) is 0. The van der Waals surface area contributed by atoms with Crippen LogP contribution < -0.4 is 0 Å². The number of rotatable bonds is 4. The van der Waals surface area contributed by atoms with Crippen LogP contribution in [0.5, 0.6) is 5.75 Å². The van der Waals surface area contributed by atoms with Crippen molar-refractivity contribution in [3.63, 3.8) is 0 Å². The number of phenolic OH excluding ortho intramolecular Hbond substituents is 1. The molecule has 0 saturated heterocycles. The largest absolute Gasteiger partial charge is 0.508 e. The Labute approximate surface area is 192 Å². The number of benzene rings is 3. The van der Waals surface area contributed by atoms with Gasteiger partial charge in [0.1, 0.15) is 5.75 Å². The van der Waals surface area contributed by atoms with Crippen LogP contribution in [0.1, 0.15) is 63.6 Å². The van der Waals surface area contributed by atoms with Crippen LogP contribution in [0.3, 0.4) is 0 Å². The summed E-state index contributed by atoms with van der Waals surface area (Å²) in [4.78, 5) is 0. The lowest BCUT2D eigenvalue weighted by atomic mass is 9.62. The minimum Gasteiger partial charge on any atom is -0.508 e. The summed E-state index contributed by atoms with van der Waals surface area (Å²) in [5.74, 6) is 0.295. The van der Waals surface area contributed by atoms with Gasteiger partial charge in [-0.05, 0) is 75.6 Å². The summed E-state index contributed by atoms with van der Waals surface area (Å²) in [6.07, 6.45) is 3.38. The third-order valence-electron chi connectivity index (χ3n) is 6.49. The number of phenols is 1. The zero-order valence-electron chi connectivity index (χ0n) is 19.7. The molecule has 0 aromatic heterocycles. The summed E-state index contributed by atoms with van der Waals surface area (Å²) in [5, 5.41) is 19.2. The molecule has 0 radical (unpaired) electrons. The lowest BCUT2D eigenvalue weighted by Crippen LogP contribution is -2.30. The third kappa shape index (κ3) is 4.97. The predicted molar refractivity (Wildman–Crippen MR) is 133 cm³/mol. The first kappa shape index (κ1) is 22.4. The van der Waals surface area contributed by atoms with Crippen LogP contribution in [0.15, 0.2) is 78.4 Å². The van der Waals surface area contributed by atoms with Gasteiger partial charge in [0.05, 0.1) is 6.61 Å². The summed E-state index contributed by atoms with van der Waals surface area (Å²) in [6, 6.07) is 24.5. The maximum absolute atomic E-state index is 9.85. The average Bonchev–Trinajstić information content (AvgIpc) is 2.74. The van der Waals surface area contributed by atoms with Gasteiger partial charge in [-0.2, -0.15) is 0 Å². The van der Waals surface area contributed by atoms with E-state index < -0.39 is 0 Å². The molecule has 1 aliphatic carbocycles. The van der Waals surface area contributed by atoms with Gasteiger partial charge in [0.2, 0.25) is 0 Å². The van der Waals surface area contributed by atoms with E-state index in [1.807, 2.05) is 24.3 Å². The molecule has 0 unspecified atom stereocenters. The van der Waals surface area contributed by atoms with E-state index in [-0.39, 0.29) is 17.4 Å². The fourth-order valence-electron chi connectivity index (χ4n) is 5.65. The monoisotopic (exact) mass is 426 g/mol. The highest BCUT2D eigenvalue weighted by atomic mass is 16.3. The van der Waals surface area contributed by atoms with E-state index in [1.54, 1.807) is 12.1 Å². The molecule has 166 valence electrons. The zero-order valence-corrected chi connectivity index (χ0v) is 19.7. The molecule has 1 aliphatic rings. The van der Waals surface area contributed by atoms with E-state index in [4.69, 9.17) is 0 Å². The highest BCUT2D eigenvalue weighted by molar-refractivity contribution is 5.83. The Morgan fingerprint density at radius 2 is 1.12 bits per heavy atom. The first-order valence-corrected chi connectivity index (χ1v) is 11.5. The van der Waals surface area contributed by atoms with Gasteiger partial charge in [0, 0.05) is 0 Å². The van der Waals surface area contributed by atoms with Crippen molar-refractivity contribution in [3.05, 3.63) is 95.1 Å². The standard InChI is InChI=1S/C30H34O2/c1-29(2)17-26(18-30(3,4)20-29)28(25-13-15-27(32)16-14-25)24-11-9-23(10-12-24)22-7-5-21(19-31)6-8-22/h5-16,31-32H,17-20H2,1-4H3. The van der Waals surface area contributed by atoms with Gasteiger partial charge in [0.25, 0.3) is 0 Å². The second kappa shape index (κ2) is 8.60. The zero-order chi connectivity index (χ0) is 22.9. The molecule has 1 saturated carbocycles. The van der Waals surface area contributed by atoms with Crippen LogP contribution in [0.25, 0.3) is 16.7 Å². The maximum atomic E-state index is 9.85. The van der Waals surface area contributed by atoms with Crippen LogP contribution >= 0.6 is 0 Å². The smallest absolute Gasteiger partial charge is 0.115 e. The Morgan fingerprint density at radius 1 is 0.688 bits per heavy atom. The van der Waals surface area contributed by atoms with Crippen LogP contribution in [0.2, 0.25) is 0 Å². The topological polar surface area (TPSA) is 40.5 Å². The highest BCUT2D eigenvalue weighted by Crippen LogP contribution is 2.51. The third-order valence-corrected chi connectivity index (χ3v) is 6.49. The summed E-state index contributed by atoms with van der Waals surface area (Å²) in [6.45, 7) is 9.57. The lowest BCUT2D eigenvalue weighted by molar-refractivity contribution is 0.154. The van der Waals surface area contributed by atoms with E-state index in [1.165, 1.54) is 23.1 Å². The number of hydrogen-bond acceptors (Lipinski definition) is 2. The Morgan fingerprint density at radius 3 is 1.59 bits per heavy atom. The van der Waals surface area contributed by atoms with E-state index in [2.05, 4.69) is 64.1 Å². The minimum absolute atomic E-state index is 0.0650. The van der Waals surface area contributed by atoms with Crippen molar-refractivity contribution in [1.29, 1.82) is 0 Å². The van der Waals surface area contributed by atoms with Crippen LogP contribution in [0, 0.1) is 10.8 Å². The molecule has 32 heavy (non-hydrogen) atoms. The van der Waals surface area contributed by atoms with Crippen molar-refractivity contribution >= 4 is 5.57 Å². The molecule has 2 heteroatoms. The first-order chi connectivity index (χ1) is 15.2. The van der Waals surface area contributed by atoms with Crippen molar-refractivity contribution in [2.75, 3.05) is 0 Å². The van der Waals surface area contributed by atoms with Gasteiger partial charge in [-0.3, -0.25) is 0 Å². The summed E-state index contributed by atoms with van der Waals surface area (Å²) in [5.41, 5.74) is 8.92. The van der Waals surface area contributed by atoms with E-state index in [0.717, 1.165) is 35.1 Å². The molecule has 0 aliphatic heterocycles. The van der Waals surface area contributed by atoms with Gasteiger partial charge in [-0.25, -0.2) is 0 Å². The van der Waals surface area contributed by atoms with Crippen LogP contribution in [0.4, 0.5) is 0 Å². The summed E-state index contributed by atoms with van der Waals surface area (Å²) >= 11 is 0. The molecule has 2 N–H and O–H groups in total. The summed E-state index contributed by atoms with van der Waals surface area (Å²) < 4.78 is 0. The van der Waals surface area contributed by atoms with E-state index >= 15 is 0 Å². The second-order valence-electron chi connectivity index (χ2n) is 10.8. The number of aromatic hydroxyl groups is 1. The fourth-order valence-corrected chi connectivity index (χ4v) is 5.65. The van der Waals surface area contributed by atoms with Gasteiger partial charge < -0.3 is 10.2 Å². The Bertz CT molecular complexity index is 1080. The van der Waals surface area contributed by atoms with Gasteiger partial charge in [-0.1, -0.05) is 93.9 Å². The molecule has 0 heterocycles. The predicted octanol–water partition coefficient (Wildman–Crippen LogP) is 7.59.